The van der Waals surface area contributed by atoms with Crippen LogP contribution in [0.5, 0.6) is 11.5 Å². The molecular formula is C21H21NO5S. The van der Waals surface area contributed by atoms with Gasteiger partial charge in [0.05, 0.1) is 10.4 Å². The van der Waals surface area contributed by atoms with Crippen molar-refractivity contribution in [2.24, 2.45) is 0 Å². The second kappa shape index (κ2) is 7.41. The monoisotopic (exact) mass is 399 g/mol. The number of aryl methyl sites for hydroxylation is 2. The van der Waals surface area contributed by atoms with Crippen molar-refractivity contribution in [2.45, 2.75) is 31.3 Å². The van der Waals surface area contributed by atoms with Crippen LogP contribution in [0.3, 0.4) is 0 Å². The Labute approximate surface area is 164 Å². The minimum Gasteiger partial charge on any atom is -0.486 e. The van der Waals surface area contributed by atoms with Crippen molar-refractivity contribution >= 4 is 21.0 Å². The number of ether oxygens (including phenoxy) is 2. The van der Waals surface area contributed by atoms with Gasteiger partial charge in [0, 0.05) is 11.1 Å². The van der Waals surface area contributed by atoms with Crippen LogP contribution in [0.4, 0.5) is 0 Å². The van der Waals surface area contributed by atoms with Gasteiger partial charge in [-0.05, 0) is 49.7 Å². The number of hydrogen-bond acceptors (Lipinski definition) is 6. The summed E-state index contributed by atoms with van der Waals surface area (Å²) < 4.78 is 41.8. The summed E-state index contributed by atoms with van der Waals surface area (Å²) in [6, 6.07) is 14.2. The van der Waals surface area contributed by atoms with E-state index in [9.17, 15) is 8.42 Å². The first kappa shape index (κ1) is 18.7. The summed E-state index contributed by atoms with van der Waals surface area (Å²) in [6.07, 6.45) is 0.307. The molecule has 2 aromatic carbocycles. The Morgan fingerprint density at radius 1 is 1.11 bits per heavy atom. The molecule has 1 aromatic heterocycles. The highest BCUT2D eigenvalue weighted by Crippen LogP contribution is 2.38. The standard InChI is InChI=1S/C21H21NO5S/c1-3-15-6-9-18-19(22-15)10-11-20-21(18)27-16(12-25-20)13-26-28(23,24)17-7-4-14(2)5-8-17/h4-11,16H,3,12-13H2,1-2H3. The Bertz CT molecular complexity index is 1110. The Morgan fingerprint density at radius 3 is 2.64 bits per heavy atom. The van der Waals surface area contributed by atoms with Crippen LogP contribution in [0.15, 0.2) is 53.4 Å². The number of benzene rings is 2. The molecule has 2 heterocycles. The number of hydrogen-bond donors (Lipinski definition) is 0. The van der Waals surface area contributed by atoms with E-state index in [2.05, 4.69) is 4.98 Å². The molecule has 1 aliphatic heterocycles. The third-order valence-corrected chi connectivity index (χ3v) is 5.93. The maximum absolute atomic E-state index is 12.4. The SMILES string of the molecule is CCc1ccc2c3c(ccc2n1)OCC(COS(=O)(=O)c1ccc(C)cc1)O3. The van der Waals surface area contributed by atoms with Gasteiger partial charge in [0.25, 0.3) is 10.1 Å². The van der Waals surface area contributed by atoms with E-state index in [1.807, 2.05) is 38.1 Å². The van der Waals surface area contributed by atoms with Crippen molar-refractivity contribution in [3.63, 3.8) is 0 Å². The summed E-state index contributed by atoms with van der Waals surface area (Å²) in [4.78, 5) is 4.72. The Balaban J connectivity index is 1.52. The zero-order valence-corrected chi connectivity index (χ0v) is 16.5. The van der Waals surface area contributed by atoms with E-state index in [1.54, 1.807) is 12.1 Å². The fourth-order valence-electron chi connectivity index (χ4n) is 3.04. The van der Waals surface area contributed by atoms with Crippen molar-refractivity contribution in [3.05, 3.63) is 59.8 Å². The van der Waals surface area contributed by atoms with Gasteiger partial charge in [0.15, 0.2) is 17.6 Å². The number of rotatable bonds is 5. The van der Waals surface area contributed by atoms with Gasteiger partial charge in [-0.25, -0.2) is 0 Å². The van der Waals surface area contributed by atoms with E-state index in [-0.39, 0.29) is 18.1 Å². The summed E-state index contributed by atoms with van der Waals surface area (Å²) >= 11 is 0. The Morgan fingerprint density at radius 2 is 1.89 bits per heavy atom. The lowest BCUT2D eigenvalue weighted by molar-refractivity contribution is 0.0571. The highest BCUT2D eigenvalue weighted by molar-refractivity contribution is 7.86. The van der Waals surface area contributed by atoms with Crippen molar-refractivity contribution in [3.8, 4) is 11.5 Å². The zero-order chi connectivity index (χ0) is 19.7. The van der Waals surface area contributed by atoms with Gasteiger partial charge in [0.1, 0.15) is 13.2 Å². The molecule has 3 aromatic rings. The zero-order valence-electron chi connectivity index (χ0n) is 15.7. The van der Waals surface area contributed by atoms with Gasteiger partial charge in [-0.15, -0.1) is 0 Å². The molecule has 1 atom stereocenters. The van der Waals surface area contributed by atoms with Crippen LogP contribution in [0, 0.1) is 6.92 Å². The third kappa shape index (κ3) is 3.68. The smallest absolute Gasteiger partial charge is 0.297 e. The molecule has 0 amide bonds. The Hall–Kier alpha value is -2.64. The van der Waals surface area contributed by atoms with Crippen molar-refractivity contribution in [2.75, 3.05) is 13.2 Å². The first-order chi connectivity index (χ1) is 13.5. The van der Waals surface area contributed by atoms with Crippen molar-refractivity contribution in [1.29, 1.82) is 0 Å². The van der Waals surface area contributed by atoms with E-state index in [1.165, 1.54) is 12.1 Å². The fraction of sp³-hybridized carbons (Fsp3) is 0.286. The largest absolute Gasteiger partial charge is 0.486 e. The molecule has 7 heteroatoms. The fourth-order valence-corrected chi connectivity index (χ4v) is 3.97. The van der Waals surface area contributed by atoms with Crippen molar-refractivity contribution < 1.29 is 22.1 Å². The van der Waals surface area contributed by atoms with Crippen LogP contribution in [0.25, 0.3) is 10.9 Å². The van der Waals surface area contributed by atoms with E-state index >= 15 is 0 Å². The first-order valence-electron chi connectivity index (χ1n) is 9.14. The van der Waals surface area contributed by atoms with Crippen LogP contribution < -0.4 is 9.47 Å². The Kier molecular flexibility index (Phi) is 4.95. The van der Waals surface area contributed by atoms with E-state index in [0.29, 0.717) is 11.5 Å². The summed E-state index contributed by atoms with van der Waals surface area (Å²) in [7, 11) is -3.85. The predicted molar refractivity (Wildman–Crippen MR) is 105 cm³/mol. The molecule has 0 saturated carbocycles. The average molecular weight is 399 g/mol. The average Bonchev–Trinajstić information content (AvgIpc) is 2.72. The first-order valence-corrected chi connectivity index (χ1v) is 10.6. The van der Waals surface area contributed by atoms with Crippen molar-refractivity contribution in [1.82, 2.24) is 4.98 Å². The van der Waals surface area contributed by atoms with Gasteiger partial charge in [-0.2, -0.15) is 8.42 Å². The van der Waals surface area contributed by atoms with Gasteiger partial charge in [-0.3, -0.25) is 9.17 Å². The molecule has 6 nitrogen and oxygen atoms in total. The van der Waals surface area contributed by atoms with Gasteiger partial charge in [0.2, 0.25) is 0 Å². The second-order valence-electron chi connectivity index (χ2n) is 6.72. The molecule has 28 heavy (non-hydrogen) atoms. The highest BCUT2D eigenvalue weighted by Gasteiger charge is 2.26. The molecule has 0 radical (unpaired) electrons. The number of nitrogens with zero attached hydrogens (tertiary/aromatic N) is 1. The molecule has 4 rings (SSSR count). The molecule has 1 aliphatic rings. The lowest BCUT2D eigenvalue weighted by Crippen LogP contribution is -2.34. The minimum absolute atomic E-state index is 0.122. The summed E-state index contributed by atoms with van der Waals surface area (Å²) in [6.45, 7) is 4.02. The van der Waals surface area contributed by atoms with Crippen LogP contribution in [0.1, 0.15) is 18.2 Å². The molecule has 0 spiro atoms. The predicted octanol–water partition coefficient (Wildman–Crippen LogP) is 3.65. The molecular weight excluding hydrogens is 378 g/mol. The molecule has 0 N–H and O–H groups in total. The van der Waals surface area contributed by atoms with Gasteiger partial charge < -0.3 is 9.47 Å². The van der Waals surface area contributed by atoms with Gasteiger partial charge >= 0.3 is 0 Å². The quantitative estimate of drug-likeness (QED) is 0.610. The second-order valence-corrected chi connectivity index (χ2v) is 8.33. The summed E-state index contributed by atoms with van der Waals surface area (Å²) in [5, 5.41) is 0.834. The maximum Gasteiger partial charge on any atom is 0.297 e. The molecule has 146 valence electrons. The lowest BCUT2D eigenvalue weighted by atomic mass is 10.1. The molecule has 0 saturated heterocycles. The molecule has 0 fully saturated rings. The number of aromatic nitrogens is 1. The summed E-state index contributed by atoms with van der Waals surface area (Å²) in [5.74, 6) is 1.19. The summed E-state index contributed by atoms with van der Waals surface area (Å²) in [5.41, 5.74) is 2.79. The van der Waals surface area contributed by atoms with E-state index in [0.717, 1.165) is 28.6 Å². The normalized spacial score (nSPS) is 16.3. The third-order valence-electron chi connectivity index (χ3n) is 4.63. The van der Waals surface area contributed by atoms with Crippen LogP contribution in [0.2, 0.25) is 0 Å². The maximum atomic E-state index is 12.4. The number of pyridine rings is 1. The molecule has 1 unspecified atom stereocenters. The van der Waals surface area contributed by atoms with Gasteiger partial charge in [-0.1, -0.05) is 24.6 Å². The molecule has 0 bridgehead atoms. The van der Waals surface area contributed by atoms with E-state index in [4.69, 9.17) is 13.7 Å². The van der Waals surface area contributed by atoms with E-state index < -0.39 is 16.2 Å². The highest BCUT2D eigenvalue weighted by atomic mass is 32.2. The topological polar surface area (TPSA) is 74.7 Å². The minimum atomic E-state index is -3.85. The lowest BCUT2D eigenvalue weighted by Gasteiger charge is -2.27. The molecule has 0 aliphatic carbocycles. The van der Waals surface area contributed by atoms with Crippen LogP contribution in [-0.4, -0.2) is 32.7 Å². The van der Waals surface area contributed by atoms with Crippen LogP contribution >= 0.6 is 0 Å². The number of fused-ring (bicyclic) bond motifs is 3. The van der Waals surface area contributed by atoms with Crippen LogP contribution in [-0.2, 0) is 20.7 Å².